The van der Waals surface area contributed by atoms with E-state index in [1.165, 1.54) is 0 Å². The summed E-state index contributed by atoms with van der Waals surface area (Å²) in [4.78, 5) is 9.59. The predicted octanol–water partition coefficient (Wildman–Crippen LogP) is 2.88. The molecule has 13 heavy (non-hydrogen) atoms. The molecule has 0 atom stereocenters. The monoisotopic (exact) mass is 219 g/mol. The average molecular weight is 220 g/mol. The summed E-state index contributed by atoms with van der Waals surface area (Å²) < 4.78 is 0. The van der Waals surface area contributed by atoms with Gasteiger partial charge in [0.2, 0.25) is 5.91 Å². The molecule has 1 amide bonds. The summed E-state index contributed by atoms with van der Waals surface area (Å²) in [5.41, 5.74) is 4.65. The van der Waals surface area contributed by atoms with Crippen molar-refractivity contribution in [1.29, 1.82) is 0 Å². The number of halogens is 2. The molecule has 0 aromatic heterocycles. The SMILES string of the molecule is CCC(N)=O.Clc1ccccc1Cl. The van der Waals surface area contributed by atoms with E-state index in [1.807, 2.05) is 12.1 Å². The molecular formula is C9H11Cl2NO. The molecule has 1 rings (SSSR count). The van der Waals surface area contributed by atoms with Gasteiger partial charge in [-0.2, -0.15) is 0 Å². The van der Waals surface area contributed by atoms with E-state index in [9.17, 15) is 4.79 Å². The molecule has 0 heterocycles. The minimum Gasteiger partial charge on any atom is -0.370 e. The van der Waals surface area contributed by atoms with Crippen LogP contribution in [0.1, 0.15) is 13.3 Å². The fourth-order valence-electron chi connectivity index (χ4n) is 0.439. The highest BCUT2D eigenvalue weighted by molar-refractivity contribution is 6.41. The minimum atomic E-state index is -0.245. The maximum absolute atomic E-state index is 9.59. The standard InChI is InChI=1S/C6H4Cl2.C3H7NO/c7-5-3-1-2-4-6(5)8;1-2-3(4)5/h1-4H;2H2,1H3,(H2,4,5). The lowest BCUT2D eigenvalue weighted by Gasteiger charge is -1.88. The molecule has 72 valence electrons. The molecule has 0 aliphatic carbocycles. The Labute approximate surface area is 87.6 Å². The number of amides is 1. The largest absolute Gasteiger partial charge is 0.370 e. The molecule has 2 N–H and O–H groups in total. The molecule has 0 saturated carbocycles. The van der Waals surface area contributed by atoms with Crippen molar-refractivity contribution in [3.63, 3.8) is 0 Å². The third-order valence-corrected chi connectivity index (χ3v) is 1.93. The van der Waals surface area contributed by atoms with E-state index < -0.39 is 0 Å². The summed E-state index contributed by atoms with van der Waals surface area (Å²) in [5, 5.41) is 1.21. The van der Waals surface area contributed by atoms with Crippen molar-refractivity contribution >= 4 is 29.1 Å². The van der Waals surface area contributed by atoms with Crippen molar-refractivity contribution in [1.82, 2.24) is 0 Å². The molecule has 2 nitrogen and oxygen atoms in total. The van der Waals surface area contributed by atoms with Crippen LogP contribution >= 0.6 is 23.2 Å². The lowest BCUT2D eigenvalue weighted by Crippen LogP contribution is -2.06. The summed E-state index contributed by atoms with van der Waals surface area (Å²) in [5.74, 6) is -0.245. The molecule has 0 saturated heterocycles. The molecule has 1 aromatic rings. The van der Waals surface area contributed by atoms with Gasteiger partial charge >= 0.3 is 0 Å². The normalized spacial score (nSPS) is 8.54. The first-order valence-electron chi connectivity index (χ1n) is 3.76. The van der Waals surface area contributed by atoms with Crippen LogP contribution in [0.25, 0.3) is 0 Å². The van der Waals surface area contributed by atoms with Crippen LogP contribution in [0.2, 0.25) is 10.0 Å². The Hall–Kier alpha value is -0.730. The number of benzene rings is 1. The second kappa shape index (κ2) is 6.75. The van der Waals surface area contributed by atoms with E-state index in [2.05, 4.69) is 5.73 Å². The number of primary amides is 1. The van der Waals surface area contributed by atoms with Gasteiger partial charge in [-0.15, -0.1) is 0 Å². The maximum Gasteiger partial charge on any atom is 0.217 e. The van der Waals surface area contributed by atoms with Gasteiger partial charge in [-0.3, -0.25) is 4.79 Å². The van der Waals surface area contributed by atoms with Gasteiger partial charge in [0.05, 0.1) is 10.0 Å². The zero-order valence-electron chi connectivity index (χ0n) is 7.26. The van der Waals surface area contributed by atoms with Crippen molar-refractivity contribution in [2.45, 2.75) is 13.3 Å². The van der Waals surface area contributed by atoms with E-state index in [1.54, 1.807) is 19.1 Å². The average Bonchev–Trinajstić information content (AvgIpc) is 2.11. The van der Waals surface area contributed by atoms with Crippen molar-refractivity contribution in [2.75, 3.05) is 0 Å². The van der Waals surface area contributed by atoms with Gasteiger partial charge in [0.1, 0.15) is 0 Å². The zero-order valence-corrected chi connectivity index (χ0v) is 8.77. The minimum absolute atomic E-state index is 0.245. The molecule has 4 heteroatoms. The van der Waals surface area contributed by atoms with Crippen LogP contribution < -0.4 is 5.73 Å². The van der Waals surface area contributed by atoms with Crippen LogP contribution in [0.3, 0.4) is 0 Å². The van der Waals surface area contributed by atoms with E-state index in [-0.39, 0.29) is 5.91 Å². The Balaban J connectivity index is 0.000000252. The topological polar surface area (TPSA) is 43.1 Å². The van der Waals surface area contributed by atoms with Crippen molar-refractivity contribution in [3.8, 4) is 0 Å². The first-order valence-corrected chi connectivity index (χ1v) is 4.51. The highest BCUT2D eigenvalue weighted by Gasteiger charge is 1.89. The number of hydrogen-bond acceptors (Lipinski definition) is 1. The number of hydrogen-bond donors (Lipinski definition) is 1. The van der Waals surface area contributed by atoms with Gasteiger partial charge in [-0.1, -0.05) is 42.3 Å². The Morgan fingerprint density at radius 3 is 1.77 bits per heavy atom. The lowest BCUT2D eigenvalue weighted by molar-refractivity contribution is -0.117. The highest BCUT2D eigenvalue weighted by Crippen LogP contribution is 2.19. The van der Waals surface area contributed by atoms with Gasteiger partial charge in [-0.25, -0.2) is 0 Å². The van der Waals surface area contributed by atoms with Crippen LogP contribution in [-0.2, 0) is 4.79 Å². The number of rotatable bonds is 1. The van der Waals surface area contributed by atoms with E-state index in [4.69, 9.17) is 23.2 Å². The summed E-state index contributed by atoms with van der Waals surface area (Å²) >= 11 is 11.2. The molecule has 0 spiro atoms. The summed E-state index contributed by atoms with van der Waals surface area (Å²) in [6, 6.07) is 7.19. The lowest BCUT2D eigenvalue weighted by atomic mass is 10.4. The van der Waals surface area contributed by atoms with Gasteiger partial charge < -0.3 is 5.73 Å². The third-order valence-electron chi connectivity index (χ3n) is 1.17. The molecule has 0 radical (unpaired) electrons. The zero-order chi connectivity index (χ0) is 10.3. The van der Waals surface area contributed by atoms with Crippen LogP contribution in [0, 0.1) is 0 Å². The Kier molecular flexibility index (Phi) is 6.37. The van der Waals surface area contributed by atoms with Gasteiger partial charge in [-0.05, 0) is 12.1 Å². The molecule has 0 unspecified atom stereocenters. The summed E-state index contributed by atoms with van der Waals surface area (Å²) in [7, 11) is 0. The summed E-state index contributed by atoms with van der Waals surface area (Å²) in [6.45, 7) is 1.72. The Bertz CT molecular complexity index is 255. The Morgan fingerprint density at radius 2 is 1.62 bits per heavy atom. The second-order valence-corrected chi connectivity index (χ2v) is 3.05. The van der Waals surface area contributed by atoms with Crippen molar-refractivity contribution in [3.05, 3.63) is 34.3 Å². The number of nitrogens with two attached hydrogens (primary N) is 1. The second-order valence-electron chi connectivity index (χ2n) is 2.23. The smallest absolute Gasteiger partial charge is 0.217 e. The molecular weight excluding hydrogens is 209 g/mol. The van der Waals surface area contributed by atoms with Gasteiger partial charge in [0, 0.05) is 6.42 Å². The fourth-order valence-corrected chi connectivity index (χ4v) is 0.711. The van der Waals surface area contributed by atoms with Crippen molar-refractivity contribution in [2.24, 2.45) is 5.73 Å². The van der Waals surface area contributed by atoms with E-state index >= 15 is 0 Å². The molecule has 0 bridgehead atoms. The van der Waals surface area contributed by atoms with Crippen LogP contribution in [-0.4, -0.2) is 5.91 Å². The van der Waals surface area contributed by atoms with Gasteiger partial charge in [0.25, 0.3) is 0 Å². The quantitative estimate of drug-likeness (QED) is 0.776. The molecule has 0 aliphatic rings. The van der Waals surface area contributed by atoms with E-state index in [0.717, 1.165) is 0 Å². The summed E-state index contributed by atoms with van der Waals surface area (Å²) in [6.07, 6.45) is 0.444. The Morgan fingerprint density at radius 1 is 1.31 bits per heavy atom. The van der Waals surface area contributed by atoms with Crippen LogP contribution in [0.15, 0.2) is 24.3 Å². The van der Waals surface area contributed by atoms with Crippen LogP contribution in [0.5, 0.6) is 0 Å². The predicted molar refractivity (Wildman–Crippen MR) is 55.9 cm³/mol. The van der Waals surface area contributed by atoms with Gasteiger partial charge in [0.15, 0.2) is 0 Å². The van der Waals surface area contributed by atoms with Crippen LogP contribution in [0.4, 0.5) is 0 Å². The molecule has 0 fully saturated rings. The molecule has 0 aliphatic heterocycles. The number of carbonyl (C=O) groups excluding carboxylic acids is 1. The maximum atomic E-state index is 9.59. The fraction of sp³-hybridized carbons (Fsp3) is 0.222. The van der Waals surface area contributed by atoms with Crippen molar-refractivity contribution < 1.29 is 4.79 Å². The van der Waals surface area contributed by atoms with E-state index in [0.29, 0.717) is 16.5 Å². The number of carbonyl (C=O) groups is 1. The first kappa shape index (κ1) is 12.3. The third kappa shape index (κ3) is 6.43. The first-order chi connectivity index (χ1) is 6.07. The molecule has 1 aromatic carbocycles. The highest BCUT2D eigenvalue weighted by atomic mass is 35.5.